The van der Waals surface area contributed by atoms with E-state index < -0.39 is 12.1 Å². The Morgan fingerprint density at radius 1 is 1.18 bits per heavy atom. The number of thiazole rings is 1. The first kappa shape index (κ1) is 22.6. The number of anilines is 2. The summed E-state index contributed by atoms with van der Waals surface area (Å²) in [6, 6.07) is 7.56. The van der Waals surface area contributed by atoms with Gasteiger partial charge in [0.15, 0.2) is 11.0 Å². The zero-order chi connectivity index (χ0) is 23.4. The molecule has 11 heteroatoms. The molecule has 9 nitrogen and oxygen atoms in total. The number of halogens is 1. The SMILES string of the molecule is CNc1cncc(-c2ccc3nc(NC(=O)NCCc4noc(C(C)(C)CF)n4)sc3c2)c1. The van der Waals surface area contributed by atoms with Crippen molar-refractivity contribution in [1.82, 2.24) is 25.4 Å². The summed E-state index contributed by atoms with van der Waals surface area (Å²) in [5, 5.41) is 12.9. The molecule has 0 atom stereocenters. The number of carbonyl (C=O) groups excluding carboxylic acids is 1. The summed E-state index contributed by atoms with van der Waals surface area (Å²) in [4.78, 5) is 25.2. The first-order valence-electron chi connectivity index (χ1n) is 10.4. The highest BCUT2D eigenvalue weighted by Gasteiger charge is 2.27. The first-order chi connectivity index (χ1) is 15.9. The molecule has 4 aromatic rings. The Balaban J connectivity index is 1.35. The molecule has 33 heavy (non-hydrogen) atoms. The van der Waals surface area contributed by atoms with Crippen molar-refractivity contribution in [3.63, 3.8) is 0 Å². The second-order valence-corrected chi connectivity index (χ2v) is 9.11. The third-order valence-corrected chi connectivity index (χ3v) is 5.92. The molecule has 0 radical (unpaired) electrons. The van der Waals surface area contributed by atoms with E-state index in [1.807, 2.05) is 31.3 Å². The Kier molecular flexibility index (Phi) is 6.50. The highest BCUT2D eigenvalue weighted by molar-refractivity contribution is 7.22. The molecule has 4 rings (SSSR count). The largest absolute Gasteiger partial charge is 0.387 e. The van der Waals surface area contributed by atoms with Gasteiger partial charge in [-0.05, 0) is 37.6 Å². The van der Waals surface area contributed by atoms with Crippen LogP contribution in [-0.2, 0) is 11.8 Å². The van der Waals surface area contributed by atoms with Crippen LogP contribution in [0, 0.1) is 0 Å². The second kappa shape index (κ2) is 9.49. The number of pyridine rings is 1. The fraction of sp³-hybridized carbons (Fsp3) is 0.318. The van der Waals surface area contributed by atoms with E-state index in [1.54, 1.807) is 26.2 Å². The number of hydrogen-bond donors (Lipinski definition) is 3. The van der Waals surface area contributed by atoms with Crippen LogP contribution in [0.3, 0.4) is 0 Å². The quantitative estimate of drug-likeness (QED) is 0.350. The van der Waals surface area contributed by atoms with Crippen molar-refractivity contribution in [3.05, 3.63) is 48.4 Å². The molecule has 1 aromatic carbocycles. The fourth-order valence-electron chi connectivity index (χ4n) is 3.01. The minimum Gasteiger partial charge on any atom is -0.387 e. The van der Waals surface area contributed by atoms with Gasteiger partial charge in [-0.25, -0.2) is 14.2 Å². The second-order valence-electron chi connectivity index (χ2n) is 8.08. The van der Waals surface area contributed by atoms with E-state index in [4.69, 9.17) is 4.52 Å². The van der Waals surface area contributed by atoms with Crippen LogP contribution in [0.4, 0.5) is 20.0 Å². The van der Waals surface area contributed by atoms with Crippen LogP contribution in [0.15, 0.2) is 41.2 Å². The van der Waals surface area contributed by atoms with Crippen molar-refractivity contribution in [3.8, 4) is 11.1 Å². The van der Waals surface area contributed by atoms with Crippen LogP contribution in [0.25, 0.3) is 21.3 Å². The molecule has 3 heterocycles. The van der Waals surface area contributed by atoms with Gasteiger partial charge in [-0.2, -0.15) is 4.98 Å². The summed E-state index contributed by atoms with van der Waals surface area (Å²) >= 11 is 1.39. The molecule has 0 spiro atoms. The smallest absolute Gasteiger partial charge is 0.321 e. The maximum atomic E-state index is 13.0. The van der Waals surface area contributed by atoms with E-state index in [1.165, 1.54) is 11.3 Å². The summed E-state index contributed by atoms with van der Waals surface area (Å²) in [5.41, 5.74) is 2.91. The molecule has 2 amide bonds. The van der Waals surface area contributed by atoms with Gasteiger partial charge in [0, 0.05) is 38.0 Å². The minimum absolute atomic E-state index is 0.242. The summed E-state index contributed by atoms with van der Waals surface area (Å²) in [5.74, 6) is 0.655. The van der Waals surface area contributed by atoms with Gasteiger partial charge in [0.1, 0.15) is 6.67 Å². The fourth-order valence-corrected chi connectivity index (χ4v) is 3.91. The zero-order valence-electron chi connectivity index (χ0n) is 18.5. The molecule has 0 bridgehead atoms. The van der Waals surface area contributed by atoms with Crippen molar-refractivity contribution >= 4 is 38.4 Å². The van der Waals surface area contributed by atoms with Gasteiger partial charge in [-0.3, -0.25) is 10.3 Å². The predicted octanol–water partition coefficient (Wildman–Crippen LogP) is 4.39. The molecule has 0 saturated heterocycles. The van der Waals surface area contributed by atoms with E-state index in [-0.39, 0.29) is 11.9 Å². The number of nitrogens with zero attached hydrogens (tertiary/aromatic N) is 4. The lowest BCUT2D eigenvalue weighted by Gasteiger charge is -2.13. The third kappa shape index (κ3) is 5.25. The monoisotopic (exact) mass is 469 g/mol. The first-order valence-corrected chi connectivity index (χ1v) is 11.2. The van der Waals surface area contributed by atoms with Crippen LogP contribution in [0.2, 0.25) is 0 Å². The Morgan fingerprint density at radius 3 is 2.82 bits per heavy atom. The van der Waals surface area contributed by atoms with Gasteiger partial charge in [0.05, 0.1) is 21.3 Å². The summed E-state index contributed by atoms with van der Waals surface area (Å²) in [6.07, 6.45) is 3.93. The van der Waals surface area contributed by atoms with Crippen molar-refractivity contribution < 1.29 is 13.7 Å². The van der Waals surface area contributed by atoms with Crippen LogP contribution in [-0.4, -0.2) is 46.4 Å². The number of nitrogens with one attached hydrogen (secondary N) is 3. The van der Waals surface area contributed by atoms with Gasteiger partial charge in [-0.15, -0.1) is 0 Å². The van der Waals surface area contributed by atoms with E-state index in [2.05, 4.69) is 36.1 Å². The summed E-state index contributed by atoms with van der Waals surface area (Å²) < 4.78 is 19.1. The van der Waals surface area contributed by atoms with E-state index in [9.17, 15) is 9.18 Å². The molecular weight excluding hydrogens is 445 g/mol. The number of hydrogen-bond acceptors (Lipinski definition) is 8. The minimum atomic E-state index is -0.824. The Morgan fingerprint density at radius 2 is 2.03 bits per heavy atom. The number of aromatic nitrogens is 4. The van der Waals surface area contributed by atoms with Crippen LogP contribution in [0.1, 0.15) is 25.6 Å². The number of alkyl halides is 1. The molecule has 3 N–H and O–H groups in total. The lowest BCUT2D eigenvalue weighted by molar-refractivity contribution is 0.252. The maximum Gasteiger partial charge on any atom is 0.321 e. The van der Waals surface area contributed by atoms with Gasteiger partial charge < -0.3 is 15.2 Å². The van der Waals surface area contributed by atoms with Crippen molar-refractivity contribution in [2.45, 2.75) is 25.7 Å². The standard InChI is InChI=1S/C22H24FN7O2S/c1-22(2,12-23)19-28-18(30-32-19)6-7-26-20(31)29-21-27-16-5-4-13(9-17(16)33-21)14-8-15(24-3)11-25-10-14/h4-5,8-11,24H,6-7,12H2,1-3H3,(H2,26,27,29,31). The third-order valence-electron chi connectivity index (χ3n) is 4.98. The van der Waals surface area contributed by atoms with Gasteiger partial charge in [-0.1, -0.05) is 22.6 Å². The van der Waals surface area contributed by atoms with Crippen LogP contribution in [0.5, 0.6) is 0 Å². The molecule has 0 aliphatic heterocycles. The van der Waals surface area contributed by atoms with Gasteiger partial charge in [0.25, 0.3) is 0 Å². The molecule has 0 aliphatic carbocycles. The predicted molar refractivity (Wildman–Crippen MR) is 126 cm³/mol. The van der Waals surface area contributed by atoms with Crippen molar-refractivity contribution in [2.24, 2.45) is 0 Å². The van der Waals surface area contributed by atoms with Gasteiger partial charge in [0.2, 0.25) is 5.89 Å². The topological polar surface area (TPSA) is 118 Å². The van der Waals surface area contributed by atoms with E-state index in [0.717, 1.165) is 27.0 Å². The Hall–Kier alpha value is -3.60. The number of benzene rings is 1. The molecule has 3 aromatic heterocycles. The molecule has 0 unspecified atom stereocenters. The highest BCUT2D eigenvalue weighted by atomic mass is 32.1. The number of carbonyl (C=O) groups is 1. The normalized spacial score (nSPS) is 11.5. The van der Waals surface area contributed by atoms with E-state index >= 15 is 0 Å². The number of amides is 2. The van der Waals surface area contributed by atoms with E-state index in [0.29, 0.717) is 23.9 Å². The maximum absolute atomic E-state index is 13.0. The molecule has 0 saturated carbocycles. The Labute approximate surface area is 193 Å². The average Bonchev–Trinajstić information content (AvgIpc) is 3.45. The summed E-state index contributed by atoms with van der Waals surface area (Å²) in [6.45, 7) is 3.07. The van der Waals surface area contributed by atoms with Crippen molar-refractivity contribution in [1.29, 1.82) is 0 Å². The lowest BCUT2D eigenvalue weighted by atomic mass is 9.96. The molecule has 0 fully saturated rings. The van der Waals surface area contributed by atoms with Crippen LogP contribution < -0.4 is 16.0 Å². The number of rotatable bonds is 8. The number of fused-ring (bicyclic) bond motifs is 1. The van der Waals surface area contributed by atoms with Crippen LogP contribution >= 0.6 is 11.3 Å². The zero-order valence-corrected chi connectivity index (χ0v) is 19.3. The highest BCUT2D eigenvalue weighted by Crippen LogP contribution is 2.31. The van der Waals surface area contributed by atoms with Crippen molar-refractivity contribution in [2.75, 3.05) is 30.9 Å². The number of urea groups is 1. The molecular formula is C22H24FN7O2S. The van der Waals surface area contributed by atoms with Gasteiger partial charge >= 0.3 is 6.03 Å². The average molecular weight is 470 g/mol. The lowest BCUT2D eigenvalue weighted by Crippen LogP contribution is -2.30. The molecule has 172 valence electrons. The Bertz CT molecular complexity index is 1270. The summed E-state index contributed by atoms with van der Waals surface area (Å²) in [7, 11) is 1.85. The molecule has 0 aliphatic rings.